The lowest BCUT2D eigenvalue weighted by atomic mass is 9.56. The molecule has 0 spiro atoms. The summed E-state index contributed by atoms with van der Waals surface area (Å²) in [6.07, 6.45) is 1.94. The van der Waals surface area contributed by atoms with Gasteiger partial charge in [0.2, 0.25) is 11.8 Å². The van der Waals surface area contributed by atoms with E-state index in [0.29, 0.717) is 11.3 Å². The number of aromatic hydroxyl groups is 1. The fraction of sp³-hybridized carbons (Fsp3) is 0.333. The highest BCUT2D eigenvalue weighted by molar-refractivity contribution is 6.53. The summed E-state index contributed by atoms with van der Waals surface area (Å²) in [4.78, 5) is 52.4. The van der Waals surface area contributed by atoms with E-state index in [-0.39, 0.29) is 35.1 Å². The lowest BCUT2D eigenvalue weighted by molar-refractivity contribution is -0.138. The average molecular weight is 560 g/mol. The Morgan fingerprint density at radius 1 is 0.946 bits per heavy atom. The molecule has 7 nitrogen and oxygen atoms in total. The molecule has 1 saturated carbocycles. The number of hydrogen-bond donors (Lipinski definition) is 1. The predicted octanol–water partition coefficient (Wildman–Crippen LogP) is 4.24. The normalized spacial score (nSPS) is 34.9. The van der Waals surface area contributed by atoms with Crippen LogP contribution in [0.1, 0.15) is 24.3 Å². The van der Waals surface area contributed by atoms with Gasteiger partial charge in [-0.05, 0) is 49.1 Å². The van der Waals surface area contributed by atoms with Crippen molar-refractivity contribution < 1.29 is 24.3 Å². The summed E-state index contributed by atoms with van der Waals surface area (Å²) in [5.41, 5.74) is 1.29. The molecule has 37 heavy (non-hydrogen) atoms. The quantitative estimate of drug-likeness (QED) is 0.337. The number of phenols is 1. The molecule has 6 unspecified atom stereocenters. The van der Waals surface area contributed by atoms with Crippen LogP contribution in [0.2, 0.25) is 5.02 Å². The monoisotopic (exact) mass is 558 g/mol. The third kappa shape index (κ3) is 3.02. The van der Waals surface area contributed by atoms with Crippen LogP contribution >= 0.6 is 34.8 Å². The Morgan fingerprint density at radius 3 is 2.35 bits per heavy atom. The van der Waals surface area contributed by atoms with Crippen LogP contribution in [-0.2, 0) is 19.2 Å². The molecule has 4 aliphatic rings. The first-order chi connectivity index (χ1) is 17.5. The fourth-order valence-corrected chi connectivity index (χ4v) is 7.87. The number of nitrogens with zero attached hydrogens (tertiary/aromatic N) is 2. The third-order valence-electron chi connectivity index (χ3n) is 8.33. The van der Waals surface area contributed by atoms with Crippen LogP contribution in [0.3, 0.4) is 0 Å². The Labute approximate surface area is 227 Å². The lowest BCUT2D eigenvalue weighted by Crippen LogP contribution is -2.60. The molecule has 0 aromatic heterocycles. The predicted molar refractivity (Wildman–Crippen MR) is 138 cm³/mol. The maximum Gasteiger partial charge on any atom is 0.253 e. The second-order valence-electron chi connectivity index (χ2n) is 10.0. The number of anilines is 1. The summed E-state index contributed by atoms with van der Waals surface area (Å²) in [5.74, 6) is -5.44. The van der Waals surface area contributed by atoms with Crippen LogP contribution in [0.4, 0.5) is 5.69 Å². The number of para-hydroxylation sites is 1. The molecule has 2 aliphatic heterocycles. The first kappa shape index (κ1) is 24.5. The number of allylic oxidation sites excluding steroid dienone is 2. The van der Waals surface area contributed by atoms with Crippen molar-refractivity contribution in [1.82, 2.24) is 4.90 Å². The number of amides is 4. The van der Waals surface area contributed by atoms with E-state index in [9.17, 15) is 24.3 Å². The molecule has 2 aromatic rings. The molecule has 6 atom stereocenters. The summed E-state index contributed by atoms with van der Waals surface area (Å²) >= 11 is 20.4. The van der Waals surface area contributed by atoms with E-state index in [1.807, 2.05) is 6.08 Å². The van der Waals surface area contributed by atoms with Gasteiger partial charge in [-0.3, -0.25) is 29.0 Å². The van der Waals surface area contributed by atoms with Crippen LogP contribution < -0.4 is 4.90 Å². The van der Waals surface area contributed by atoms with Crippen molar-refractivity contribution in [2.45, 2.75) is 28.5 Å². The second kappa shape index (κ2) is 8.06. The number of fused-ring (bicyclic) bond motifs is 4. The van der Waals surface area contributed by atoms with Crippen molar-refractivity contribution in [2.24, 2.45) is 17.8 Å². The number of benzene rings is 2. The van der Waals surface area contributed by atoms with E-state index >= 15 is 0 Å². The van der Waals surface area contributed by atoms with Crippen molar-refractivity contribution in [1.29, 1.82) is 0 Å². The van der Waals surface area contributed by atoms with Crippen molar-refractivity contribution in [3.8, 4) is 5.75 Å². The molecule has 2 heterocycles. The van der Waals surface area contributed by atoms with Gasteiger partial charge >= 0.3 is 0 Å². The first-order valence-corrected chi connectivity index (χ1v) is 13.0. The SMILES string of the molecule is CN1C(=O)C2(Cl)CC3C(=CCC4C(=O)N(c5ccccc5)C(=O)C43)C(c3cc(Cl)ccc3O)C2(Cl)C1=O. The molecule has 0 radical (unpaired) electrons. The molecule has 1 N–H and O–H groups in total. The Balaban J connectivity index is 1.55. The number of carbonyl (C=O) groups is 4. The average Bonchev–Trinajstić information content (AvgIpc) is 3.21. The van der Waals surface area contributed by atoms with Crippen LogP contribution in [0.15, 0.2) is 60.2 Å². The van der Waals surface area contributed by atoms with Gasteiger partial charge in [0.15, 0.2) is 9.75 Å². The standard InChI is InChI=1S/C27H21Cl3N2O5/c1-31-24(36)26(29)12-18-15(21(27(26,30)25(31)37)17-11-13(28)7-10-19(17)33)8-9-16-20(18)23(35)32(22(16)34)14-5-3-2-4-6-14/h2-8,10-11,16,18,20-21,33H,9,12H2,1H3. The second-order valence-corrected chi connectivity index (χ2v) is 11.7. The number of likely N-dealkylation sites (tertiary alicyclic amines) is 1. The zero-order valence-corrected chi connectivity index (χ0v) is 21.8. The molecular weight excluding hydrogens is 539 g/mol. The molecule has 6 rings (SSSR count). The lowest BCUT2D eigenvalue weighted by Gasteiger charge is -2.50. The van der Waals surface area contributed by atoms with Gasteiger partial charge in [-0.2, -0.15) is 0 Å². The van der Waals surface area contributed by atoms with Gasteiger partial charge < -0.3 is 5.11 Å². The van der Waals surface area contributed by atoms with Gasteiger partial charge in [-0.15, -0.1) is 23.2 Å². The Kier molecular flexibility index (Phi) is 5.33. The van der Waals surface area contributed by atoms with E-state index in [1.165, 1.54) is 30.1 Å². The maximum atomic E-state index is 13.8. The van der Waals surface area contributed by atoms with Crippen LogP contribution in [0.25, 0.3) is 0 Å². The Hall–Kier alpha value is -2.87. The minimum atomic E-state index is -1.97. The minimum Gasteiger partial charge on any atom is -0.508 e. The van der Waals surface area contributed by atoms with Crippen LogP contribution in [0.5, 0.6) is 5.75 Å². The molecule has 2 aliphatic carbocycles. The van der Waals surface area contributed by atoms with Crippen molar-refractivity contribution in [3.05, 3.63) is 70.8 Å². The van der Waals surface area contributed by atoms with Crippen molar-refractivity contribution in [2.75, 3.05) is 11.9 Å². The number of hydrogen-bond acceptors (Lipinski definition) is 5. The summed E-state index contributed by atoms with van der Waals surface area (Å²) < 4.78 is 0. The maximum absolute atomic E-state index is 13.8. The van der Waals surface area contributed by atoms with Gasteiger partial charge in [0.25, 0.3) is 11.8 Å². The number of phenolic OH excluding ortho intramolecular Hbond substituents is 1. The topological polar surface area (TPSA) is 95.0 Å². The zero-order chi connectivity index (χ0) is 26.4. The van der Waals surface area contributed by atoms with Crippen LogP contribution in [-0.4, -0.2) is 50.4 Å². The fourth-order valence-electron chi connectivity index (χ4n) is 6.68. The van der Waals surface area contributed by atoms with Gasteiger partial charge in [-0.25, -0.2) is 0 Å². The van der Waals surface area contributed by atoms with E-state index in [0.717, 1.165) is 4.90 Å². The summed E-state index contributed by atoms with van der Waals surface area (Å²) in [7, 11) is 1.31. The summed E-state index contributed by atoms with van der Waals surface area (Å²) in [6, 6.07) is 13.0. The largest absolute Gasteiger partial charge is 0.508 e. The Bertz CT molecular complexity index is 1430. The molecule has 2 saturated heterocycles. The summed E-state index contributed by atoms with van der Waals surface area (Å²) in [5, 5.41) is 11.1. The van der Waals surface area contributed by atoms with E-state index in [1.54, 1.807) is 30.3 Å². The number of imide groups is 2. The van der Waals surface area contributed by atoms with Gasteiger partial charge in [0.1, 0.15) is 5.75 Å². The first-order valence-electron chi connectivity index (χ1n) is 11.8. The Morgan fingerprint density at radius 2 is 1.65 bits per heavy atom. The zero-order valence-electron chi connectivity index (χ0n) is 19.5. The van der Waals surface area contributed by atoms with E-state index in [2.05, 4.69) is 0 Å². The highest BCUT2D eigenvalue weighted by Crippen LogP contribution is 2.66. The number of alkyl halides is 2. The molecule has 3 fully saturated rings. The molecule has 10 heteroatoms. The van der Waals surface area contributed by atoms with Crippen molar-refractivity contribution in [3.63, 3.8) is 0 Å². The van der Waals surface area contributed by atoms with Crippen LogP contribution in [0, 0.1) is 17.8 Å². The molecule has 2 aromatic carbocycles. The third-order valence-corrected chi connectivity index (χ3v) is 9.98. The summed E-state index contributed by atoms with van der Waals surface area (Å²) in [6.45, 7) is 0. The van der Waals surface area contributed by atoms with E-state index < -0.39 is 51.1 Å². The number of rotatable bonds is 2. The number of carbonyl (C=O) groups excluding carboxylic acids is 4. The highest BCUT2D eigenvalue weighted by Gasteiger charge is 2.76. The van der Waals surface area contributed by atoms with E-state index in [4.69, 9.17) is 34.8 Å². The molecular formula is C27H21Cl3N2O5. The smallest absolute Gasteiger partial charge is 0.253 e. The van der Waals surface area contributed by atoms with Gasteiger partial charge in [0, 0.05) is 23.6 Å². The molecule has 0 bridgehead atoms. The van der Waals surface area contributed by atoms with Gasteiger partial charge in [-0.1, -0.05) is 41.4 Å². The van der Waals surface area contributed by atoms with Gasteiger partial charge in [0.05, 0.1) is 17.5 Å². The minimum absolute atomic E-state index is 0.112. The molecule has 4 amide bonds. The highest BCUT2D eigenvalue weighted by atomic mass is 35.5. The van der Waals surface area contributed by atoms with Crippen molar-refractivity contribution >= 4 is 64.1 Å². The number of halogens is 3. The molecule has 190 valence electrons.